The summed E-state index contributed by atoms with van der Waals surface area (Å²) in [6.07, 6.45) is 17.2. The largest absolute Gasteiger partial charge is 0.0628 e. The number of hydrogen-bond donors (Lipinski definition) is 0. The van der Waals surface area contributed by atoms with Crippen LogP contribution in [0.4, 0.5) is 0 Å². The summed E-state index contributed by atoms with van der Waals surface area (Å²) in [5, 5.41) is 13.8. The molecule has 0 aliphatic heterocycles. The monoisotopic (exact) mass is 851 g/mol. The van der Waals surface area contributed by atoms with E-state index in [1.54, 1.807) is 5.56 Å². The molecule has 4 aliphatic carbocycles. The van der Waals surface area contributed by atoms with E-state index in [2.05, 4.69) is 174 Å². The Morgan fingerprint density at radius 3 is 1.86 bits per heavy atom. The van der Waals surface area contributed by atoms with Crippen LogP contribution in [-0.4, -0.2) is 0 Å². The van der Waals surface area contributed by atoms with Crippen molar-refractivity contribution in [1.82, 2.24) is 0 Å². The van der Waals surface area contributed by atoms with Crippen LogP contribution in [0.3, 0.4) is 0 Å². The van der Waals surface area contributed by atoms with Crippen LogP contribution in [0, 0.1) is 52.3 Å². The molecule has 4 fully saturated rings. The summed E-state index contributed by atoms with van der Waals surface area (Å²) in [7, 11) is 0. The van der Waals surface area contributed by atoms with Crippen molar-refractivity contribution in [2.75, 3.05) is 0 Å². The van der Waals surface area contributed by atoms with E-state index in [0.717, 1.165) is 41.4 Å². The molecule has 8 aromatic rings. The maximum Gasteiger partial charge on any atom is -0.00201 e. The Hall–Kier alpha value is -4.94. The molecule has 0 amide bonds. The highest BCUT2D eigenvalue weighted by Crippen LogP contribution is 2.69. The molecule has 0 nitrogen and oxygen atoms in total. The summed E-state index contributed by atoms with van der Waals surface area (Å²) >= 11 is 0. The van der Waals surface area contributed by atoms with Crippen LogP contribution in [0.15, 0.2) is 140 Å². The Labute approximate surface area is 389 Å². The highest BCUT2D eigenvalue weighted by molar-refractivity contribution is 6.25. The third-order valence-electron chi connectivity index (χ3n) is 19.5. The predicted octanol–water partition coefficient (Wildman–Crippen LogP) is 19.0. The summed E-state index contributed by atoms with van der Waals surface area (Å²) in [5.74, 6) is 6.88. The van der Waals surface area contributed by atoms with Crippen molar-refractivity contribution in [2.24, 2.45) is 52.3 Å². The Morgan fingerprint density at radius 2 is 1.12 bits per heavy atom. The molecule has 65 heavy (non-hydrogen) atoms. The predicted molar refractivity (Wildman–Crippen MR) is 281 cm³/mol. The first-order valence-corrected chi connectivity index (χ1v) is 26.1. The van der Waals surface area contributed by atoms with E-state index < -0.39 is 0 Å². The summed E-state index contributed by atoms with van der Waals surface area (Å²) < 4.78 is 0. The molecule has 0 heteroatoms. The van der Waals surface area contributed by atoms with Crippen LogP contribution in [0.5, 0.6) is 0 Å². The van der Waals surface area contributed by atoms with Crippen LogP contribution in [0.25, 0.3) is 76.1 Å². The number of hydrogen-bond acceptors (Lipinski definition) is 0. The van der Waals surface area contributed by atoms with Gasteiger partial charge in [-0.3, -0.25) is 0 Å². The molecular formula is C65H70. The van der Waals surface area contributed by atoms with E-state index >= 15 is 0 Å². The van der Waals surface area contributed by atoms with Crippen molar-refractivity contribution in [3.8, 4) is 22.3 Å². The number of fused-ring (bicyclic) bond motifs is 11. The maximum atomic E-state index is 2.80. The molecule has 9 atom stereocenters. The van der Waals surface area contributed by atoms with Gasteiger partial charge in [-0.15, -0.1) is 0 Å². The van der Waals surface area contributed by atoms with E-state index in [1.807, 2.05) is 0 Å². The fourth-order valence-corrected chi connectivity index (χ4v) is 16.5. The van der Waals surface area contributed by atoms with Gasteiger partial charge < -0.3 is 0 Å². The summed E-state index contributed by atoms with van der Waals surface area (Å²) in [4.78, 5) is 0. The molecule has 0 saturated heterocycles. The third kappa shape index (κ3) is 6.57. The minimum atomic E-state index is 0.477. The second-order valence-electron chi connectivity index (χ2n) is 22.9. The van der Waals surface area contributed by atoms with E-state index in [4.69, 9.17) is 0 Å². The fourth-order valence-electron chi connectivity index (χ4n) is 16.5. The average Bonchev–Trinajstić information content (AvgIpc) is 3.69. The minimum Gasteiger partial charge on any atom is -0.0628 e. The summed E-state index contributed by atoms with van der Waals surface area (Å²) in [5.41, 5.74) is 7.95. The van der Waals surface area contributed by atoms with Crippen molar-refractivity contribution in [1.29, 1.82) is 0 Å². The first kappa shape index (κ1) is 41.5. The number of rotatable bonds is 8. The topological polar surface area (TPSA) is 0 Å². The van der Waals surface area contributed by atoms with Crippen LogP contribution >= 0.6 is 0 Å². The molecule has 0 spiro atoms. The smallest absolute Gasteiger partial charge is 0.00201 e. The first-order chi connectivity index (χ1) is 31.7. The van der Waals surface area contributed by atoms with Gasteiger partial charge in [0.1, 0.15) is 0 Å². The van der Waals surface area contributed by atoms with Gasteiger partial charge in [0, 0.05) is 0 Å². The van der Waals surface area contributed by atoms with Gasteiger partial charge in [-0.2, -0.15) is 0 Å². The molecule has 9 unspecified atom stereocenters. The number of benzene rings is 8. The summed E-state index contributed by atoms with van der Waals surface area (Å²) in [6.45, 7) is 13.0. The van der Waals surface area contributed by atoms with E-state index in [1.165, 1.54) is 153 Å². The zero-order chi connectivity index (χ0) is 44.0. The molecule has 0 radical (unpaired) electrons. The Balaban J connectivity index is 0.913. The molecule has 12 rings (SSSR count). The lowest BCUT2D eigenvalue weighted by Crippen LogP contribution is -2.53. The van der Waals surface area contributed by atoms with Crippen LogP contribution in [0.1, 0.15) is 123 Å². The van der Waals surface area contributed by atoms with Crippen molar-refractivity contribution in [2.45, 2.75) is 118 Å². The normalized spacial score (nSPS) is 28.2. The molecule has 0 N–H and O–H groups in total. The van der Waals surface area contributed by atoms with Crippen molar-refractivity contribution in [3.05, 3.63) is 145 Å². The van der Waals surface area contributed by atoms with Gasteiger partial charge in [-0.1, -0.05) is 187 Å². The Morgan fingerprint density at radius 1 is 0.492 bits per heavy atom. The maximum absolute atomic E-state index is 2.80. The molecular weight excluding hydrogens is 781 g/mol. The average molecular weight is 851 g/mol. The molecule has 0 heterocycles. The molecule has 4 aliphatic rings. The van der Waals surface area contributed by atoms with Gasteiger partial charge in [0.25, 0.3) is 0 Å². The Bertz CT molecular complexity index is 3020. The molecule has 0 aromatic heterocycles. The Kier molecular flexibility index (Phi) is 10.3. The second kappa shape index (κ2) is 16.1. The van der Waals surface area contributed by atoms with Gasteiger partial charge in [0.15, 0.2) is 0 Å². The van der Waals surface area contributed by atoms with Crippen LogP contribution < -0.4 is 0 Å². The lowest BCUT2D eigenvalue weighted by molar-refractivity contribution is -0.116. The third-order valence-corrected chi connectivity index (χ3v) is 19.5. The first-order valence-electron chi connectivity index (χ1n) is 26.1. The highest BCUT2D eigenvalue weighted by Gasteiger charge is 2.60. The quantitative estimate of drug-likeness (QED) is 0.106. The van der Waals surface area contributed by atoms with Gasteiger partial charge >= 0.3 is 0 Å². The van der Waals surface area contributed by atoms with Gasteiger partial charge in [-0.05, 0) is 204 Å². The van der Waals surface area contributed by atoms with Crippen LogP contribution in [-0.2, 0) is 0 Å². The molecule has 330 valence electrons. The minimum absolute atomic E-state index is 0.477. The SMILES string of the molecule is CC(C)CCCC(C)C1CCC2C3CCC4CC(c5c6ccccc6cc6c5ccc5c(-c7c8ccccc8c(-c8ccccc8)c8ccccc78)cccc56)CCC4(C)C3CCC12C. The van der Waals surface area contributed by atoms with E-state index in [0.29, 0.717) is 16.7 Å². The van der Waals surface area contributed by atoms with Crippen molar-refractivity contribution >= 4 is 53.9 Å². The zero-order valence-corrected chi connectivity index (χ0v) is 39.9. The zero-order valence-electron chi connectivity index (χ0n) is 39.9. The van der Waals surface area contributed by atoms with Gasteiger partial charge in [0.2, 0.25) is 0 Å². The lowest BCUT2D eigenvalue weighted by Gasteiger charge is -2.61. The fraction of sp³-hybridized carbons (Fsp3) is 0.415. The summed E-state index contributed by atoms with van der Waals surface area (Å²) in [6, 6.07) is 53.3. The van der Waals surface area contributed by atoms with Crippen molar-refractivity contribution in [3.63, 3.8) is 0 Å². The standard InChI is InChI=1S/C65H70/c1-41(2)17-15-18-42(3)58-33-34-59-56-30-29-46-39-45(35-37-64(46,4)60(56)36-38-65(58,59)5)62-47-22-10-9-21-44(47)40-57-48-27-16-28-50(49(48)31-32-55(57)62)63-53-25-13-11-23-51(53)61(43-19-7-6-8-20-43)52-24-12-14-26-54(52)63/h6-14,16,19-28,31-32,40-42,45-46,56,58-60H,15,17-18,29-30,33-39H2,1-5H3. The van der Waals surface area contributed by atoms with Crippen molar-refractivity contribution < 1.29 is 0 Å². The van der Waals surface area contributed by atoms with Gasteiger partial charge in [0.05, 0.1) is 0 Å². The van der Waals surface area contributed by atoms with Gasteiger partial charge in [-0.25, -0.2) is 0 Å². The van der Waals surface area contributed by atoms with E-state index in [-0.39, 0.29) is 0 Å². The highest BCUT2D eigenvalue weighted by atomic mass is 14.7. The molecule has 8 aromatic carbocycles. The second-order valence-corrected chi connectivity index (χ2v) is 22.9. The lowest BCUT2D eigenvalue weighted by atomic mass is 9.43. The molecule has 0 bridgehead atoms. The van der Waals surface area contributed by atoms with E-state index in [9.17, 15) is 0 Å². The molecule has 4 saturated carbocycles. The van der Waals surface area contributed by atoms with Crippen LogP contribution in [0.2, 0.25) is 0 Å².